The maximum atomic E-state index is 12.1. The average Bonchev–Trinajstić information content (AvgIpc) is 2.45. The van der Waals surface area contributed by atoms with E-state index in [1.165, 1.54) is 6.42 Å². The third-order valence-corrected chi connectivity index (χ3v) is 4.95. The zero-order valence-electron chi connectivity index (χ0n) is 14.5. The van der Waals surface area contributed by atoms with Gasteiger partial charge in [-0.3, -0.25) is 4.79 Å². The Labute approximate surface area is 138 Å². The molecule has 0 bridgehead atoms. The van der Waals surface area contributed by atoms with Crippen LogP contribution in [0.15, 0.2) is 12.3 Å². The molecule has 5 heteroatoms. The lowest BCUT2D eigenvalue weighted by molar-refractivity contribution is -0.128. The molecule has 0 atom stereocenters. The highest BCUT2D eigenvalue weighted by Gasteiger charge is 2.29. The van der Waals surface area contributed by atoms with Crippen molar-refractivity contribution in [3.05, 3.63) is 18.1 Å². The van der Waals surface area contributed by atoms with Crippen LogP contribution < -0.4 is 10.2 Å². The Hall–Kier alpha value is -1.65. The Kier molecular flexibility index (Phi) is 4.55. The van der Waals surface area contributed by atoms with Gasteiger partial charge in [0.1, 0.15) is 11.6 Å². The summed E-state index contributed by atoms with van der Waals surface area (Å²) in [4.78, 5) is 23.5. The summed E-state index contributed by atoms with van der Waals surface area (Å²) in [5, 5.41) is 3.23. The number of rotatable bonds is 3. The lowest BCUT2D eigenvalue weighted by Crippen LogP contribution is -2.47. The van der Waals surface area contributed by atoms with E-state index >= 15 is 0 Å². The number of nitrogens with one attached hydrogen (secondary N) is 1. The van der Waals surface area contributed by atoms with Crippen LogP contribution in [-0.4, -0.2) is 35.0 Å². The van der Waals surface area contributed by atoms with Gasteiger partial charge in [-0.2, -0.15) is 0 Å². The summed E-state index contributed by atoms with van der Waals surface area (Å²) in [5.41, 5.74) is -0.0366. The topological polar surface area (TPSA) is 58.1 Å². The van der Waals surface area contributed by atoms with Crippen LogP contribution in [0.2, 0.25) is 0 Å². The normalized spacial score (nSPS) is 20.2. The summed E-state index contributed by atoms with van der Waals surface area (Å²) in [6.07, 6.45) is 7.19. The Morgan fingerprint density at radius 2 is 1.91 bits per heavy atom. The zero-order valence-corrected chi connectivity index (χ0v) is 14.5. The van der Waals surface area contributed by atoms with E-state index in [-0.39, 0.29) is 17.2 Å². The van der Waals surface area contributed by atoms with Crippen LogP contribution in [0.3, 0.4) is 0 Å². The smallest absolute Gasteiger partial charge is 0.223 e. The molecule has 1 saturated heterocycles. The second-order valence-corrected chi connectivity index (χ2v) is 7.89. The number of amides is 1. The van der Waals surface area contributed by atoms with E-state index in [0.717, 1.165) is 50.4 Å². The molecule has 2 fully saturated rings. The van der Waals surface area contributed by atoms with Crippen LogP contribution in [0.25, 0.3) is 0 Å². The van der Waals surface area contributed by atoms with Gasteiger partial charge in [-0.05, 0) is 31.7 Å². The SMILES string of the molecule is CC(C)(C)c1nccc(N2CCC(NC(=O)C3CCC3)CC2)n1. The quantitative estimate of drug-likeness (QED) is 0.931. The van der Waals surface area contributed by atoms with Crippen molar-refractivity contribution in [3.8, 4) is 0 Å². The minimum absolute atomic E-state index is 0.0366. The molecular weight excluding hydrogens is 288 g/mol. The van der Waals surface area contributed by atoms with Crippen molar-refractivity contribution < 1.29 is 4.79 Å². The molecule has 0 radical (unpaired) electrons. The summed E-state index contributed by atoms with van der Waals surface area (Å²) in [5.74, 6) is 2.44. The minimum atomic E-state index is -0.0366. The maximum absolute atomic E-state index is 12.1. The number of piperidine rings is 1. The molecule has 2 aliphatic rings. The highest BCUT2D eigenvalue weighted by atomic mass is 16.2. The van der Waals surface area contributed by atoms with E-state index in [4.69, 9.17) is 4.98 Å². The summed E-state index contributed by atoms with van der Waals surface area (Å²) in [6, 6.07) is 2.31. The van der Waals surface area contributed by atoms with Crippen molar-refractivity contribution in [3.63, 3.8) is 0 Å². The summed E-state index contributed by atoms with van der Waals surface area (Å²) in [6.45, 7) is 8.28. The van der Waals surface area contributed by atoms with Gasteiger partial charge in [-0.15, -0.1) is 0 Å². The predicted octanol–water partition coefficient (Wildman–Crippen LogP) is 2.66. The van der Waals surface area contributed by atoms with Crippen molar-refractivity contribution in [1.82, 2.24) is 15.3 Å². The molecule has 2 heterocycles. The predicted molar refractivity (Wildman–Crippen MR) is 91.5 cm³/mol. The van der Waals surface area contributed by atoms with Crippen molar-refractivity contribution in [1.29, 1.82) is 0 Å². The van der Waals surface area contributed by atoms with E-state index in [9.17, 15) is 4.79 Å². The van der Waals surface area contributed by atoms with Gasteiger partial charge in [0.15, 0.2) is 0 Å². The summed E-state index contributed by atoms with van der Waals surface area (Å²) >= 11 is 0. The number of carbonyl (C=O) groups is 1. The number of aromatic nitrogens is 2. The van der Waals surface area contributed by atoms with E-state index in [1.807, 2.05) is 12.3 Å². The molecule has 1 aliphatic carbocycles. The first-order valence-corrected chi connectivity index (χ1v) is 8.82. The molecule has 1 amide bonds. The van der Waals surface area contributed by atoms with Gasteiger partial charge < -0.3 is 10.2 Å². The Bertz CT molecular complexity index is 554. The number of nitrogens with zero attached hydrogens (tertiary/aromatic N) is 3. The van der Waals surface area contributed by atoms with Gasteiger partial charge in [0, 0.05) is 36.7 Å². The van der Waals surface area contributed by atoms with Crippen LogP contribution in [0.1, 0.15) is 58.7 Å². The molecule has 1 aromatic rings. The lowest BCUT2D eigenvalue weighted by Gasteiger charge is -2.35. The molecule has 3 rings (SSSR count). The fourth-order valence-corrected chi connectivity index (χ4v) is 3.13. The van der Waals surface area contributed by atoms with Crippen LogP contribution in [-0.2, 0) is 10.2 Å². The number of anilines is 1. The van der Waals surface area contributed by atoms with Crippen LogP contribution >= 0.6 is 0 Å². The van der Waals surface area contributed by atoms with Crippen LogP contribution in [0.4, 0.5) is 5.82 Å². The highest BCUT2D eigenvalue weighted by molar-refractivity contribution is 5.79. The van der Waals surface area contributed by atoms with E-state index in [0.29, 0.717) is 6.04 Å². The van der Waals surface area contributed by atoms with Crippen molar-refractivity contribution in [2.45, 2.75) is 64.3 Å². The molecule has 0 unspecified atom stereocenters. The van der Waals surface area contributed by atoms with Gasteiger partial charge in [-0.25, -0.2) is 9.97 Å². The second kappa shape index (κ2) is 6.46. The first-order valence-electron chi connectivity index (χ1n) is 8.82. The number of hydrogen-bond donors (Lipinski definition) is 1. The molecule has 23 heavy (non-hydrogen) atoms. The van der Waals surface area contributed by atoms with Gasteiger partial charge in [0.25, 0.3) is 0 Å². The van der Waals surface area contributed by atoms with Crippen LogP contribution in [0.5, 0.6) is 0 Å². The Morgan fingerprint density at radius 3 is 2.48 bits per heavy atom. The molecule has 1 saturated carbocycles. The van der Waals surface area contributed by atoms with Crippen molar-refractivity contribution >= 4 is 11.7 Å². The number of carbonyl (C=O) groups excluding carboxylic acids is 1. The molecule has 1 N–H and O–H groups in total. The Balaban J connectivity index is 1.55. The first-order chi connectivity index (χ1) is 10.9. The first kappa shape index (κ1) is 16.2. The average molecular weight is 316 g/mol. The molecule has 0 spiro atoms. The van der Waals surface area contributed by atoms with Crippen molar-refractivity contribution in [2.75, 3.05) is 18.0 Å². The summed E-state index contributed by atoms with van der Waals surface area (Å²) < 4.78 is 0. The maximum Gasteiger partial charge on any atom is 0.223 e. The fraction of sp³-hybridized carbons (Fsp3) is 0.722. The van der Waals surface area contributed by atoms with E-state index < -0.39 is 0 Å². The minimum Gasteiger partial charge on any atom is -0.356 e. The molecule has 1 aliphatic heterocycles. The van der Waals surface area contributed by atoms with E-state index in [1.54, 1.807) is 0 Å². The Morgan fingerprint density at radius 1 is 1.22 bits per heavy atom. The monoisotopic (exact) mass is 316 g/mol. The molecule has 0 aromatic carbocycles. The van der Waals surface area contributed by atoms with Crippen molar-refractivity contribution in [2.24, 2.45) is 5.92 Å². The molecule has 126 valence electrons. The summed E-state index contributed by atoms with van der Waals surface area (Å²) in [7, 11) is 0. The van der Waals surface area contributed by atoms with Gasteiger partial charge >= 0.3 is 0 Å². The zero-order chi connectivity index (χ0) is 16.4. The van der Waals surface area contributed by atoms with E-state index in [2.05, 4.69) is 36.0 Å². The lowest BCUT2D eigenvalue weighted by atomic mass is 9.84. The molecular formula is C18H28N4O. The second-order valence-electron chi connectivity index (χ2n) is 7.89. The van der Waals surface area contributed by atoms with Gasteiger partial charge in [-0.1, -0.05) is 27.2 Å². The largest absolute Gasteiger partial charge is 0.356 e. The number of hydrogen-bond acceptors (Lipinski definition) is 4. The van der Waals surface area contributed by atoms with Crippen LogP contribution in [0, 0.1) is 5.92 Å². The fourth-order valence-electron chi connectivity index (χ4n) is 3.13. The molecule has 5 nitrogen and oxygen atoms in total. The third kappa shape index (κ3) is 3.82. The molecule has 1 aromatic heterocycles. The highest BCUT2D eigenvalue weighted by Crippen LogP contribution is 2.27. The van der Waals surface area contributed by atoms with Gasteiger partial charge in [0.2, 0.25) is 5.91 Å². The van der Waals surface area contributed by atoms with Gasteiger partial charge in [0.05, 0.1) is 0 Å². The standard InChI is InChI=1S/C18H28N4O/c1-18(2,3)17-19-10-7-15(21-17)22-11-8-14(9-12-22)20-16(23)13-5-4-6-13/h7,10,13-14H,4-6,8-9,11-12H2,1-3H3,(H,20,23). The third-order valence-electron chi connectivity index (χ3n) is 4.95.